The summed E-state index contributed by atoms with van der Waals surface area (Å²) in [6, 6.07) is 8.48. The fourth-order valence-corrected chi connectivity index (χ4v) is 2.50. The summed E-state index contributed by atoms with van der Waals surface area (Å²) in [5, 5.41) is 3.49. The molecule has 0 aromatic heterocycles. The fourth-order valence-electron chi connectivity index (χ4n) is 2.50. The highest BCUT2D eigenvalue weighted by Gasteiger charge is 2.32. The highest BCUT2D eigenvalue weighted by Crippen LogP contribution is 2.37. The number of nitrogens with one attached hydrogen (secondary N) is 1. The van der Waals surface area contributed by atoms with Crippen LogP contribution in [0.15, 0.2) is 36.4 Å². The summed E-state index contributed by atoms with van der Waals surface area (Å²) >= 11 is 0. The molecule has 0 radical (unpaired) electrons. The lowest BCUT2D eigenvalue weighted by Gasteiger charge is -2.30. The quantitative estimate of drug-likeness (QED) is 0.787. The van der Waals surface area contributed by atoms with Gasteiger partial charge in [0.25, 0.3) is 0 Å². The highest BCUT2D eigenvalue weighted by atomic mass is 16.5. The van der Waals surface area contributed by atoms with Crippen LogP contribution in [0.3, 0.4) is 0 Å². The first kappa shape index (κ1) is 12.2. The summed E-state index contributed by atoms with van der Waals surface area (Å²) in [4.78, 5) is 0. The van der Waals surface area contributed by atoms with Crippen LogP contribution in [0, 0.1) is 0 Å². The van der Waals surface area contributed by atoms with Crippen LogP contribution in [0.4, 0.5) is 0 Å². The van der Waals surface area contributed by atoms with Crippen molar-refractivity contribution in [2.45, 2.75) is 25.2 Å². The Bertz CT molecular complexity index is 390. The number of hydrogen-bond donors (Lipinski definition) is 1. The molecule has 1 aliphatic rings. The molecule has 0 atom stereocenters. The molecule has 0 unspecified atom stereocenters. The van der Waals surface area contributed by atoms with E-state index in [1.165, 1.54) is 5.56 Å². The number of ether oxygens (including phenoxy) is 1. The molecule has 0 saturated heterocycles. The summed E-state index contributed by atoms with van der Waals surface area (Å²) in [5.74, 6) is 0.949. The molecule has 1 aliphatic carbocycles. The van der Waals surface area contributed by atoms with E-state index in [1.54, 1.807) is 7.11 Å². The Labute approximate surface area is 104 Å². The van der Waals surface area contributed by atoms with Crippen molar-refractivity contribution in [3.8, 4) is 5.75 Å². The maximum Gasteiger partial charge on any atom is 0.119 e. The summed E-state index contributed by atoms with van der Waals surface area (Å²) in [6.45, 7) is 4.21. The van der Waals surface area contributed by atoms with Crippen molar-refractivity contribution >= 4 is 0 Å². The molecule has 0 heterocycles. The van der Waals surface area contributed by atoms with Crippen LogP contribution in [-0.2, 0) is 5.41 Å². The first-order chi connectivity index (χ1) is 8.30. The first-order valence-corrected chi connectivity index (χ1v) is 6.31. The molecule has 17 heavy (non-hydrogen) atoms. The number of rotatable bonds is 5. The third-order valence-corrected chi connectivity index (χ3v) is 3.58. The molecule has 1 aromatic carbocycles. The van der Waals surface area contributed by atoms with Crippen LogP contribution in [0.1, 0.15) is 25.3 Å². The number of allylic oxidation sites excluding steroid dienone is 2. The Hall–Kier alpha value is -1.28. The van der Waals surface area contributed by atoms with Gasteiger partial charge >= 0.3 is 0 Å². The summed E-state index contributed by atoms with van der Waals surface area (Å²) in [6.07, 6.45) is 6.81. The molecule has 2 nitrogen and oxygen atoms in total. The van der Waals surface area contributed by atoms with E-state index in [9.17, 15) is 0 Å². The predicted octanol–water partition coefficient (Wildman–Crippen LogP) is 2.89. The van der Waals surface area contributed by atoms with Gasteiger partial charge < -0.3 is 10.1 Å². The van der Waals surface area contributed by atoms with Crippen molar-refractivity contribution in [1.29, 1.82) is 0 Å². The normalized spacial score (nSPS) is 17.3. The second-order valence-corrected chi connectivity index (χ2v) is 4.67. The van der Waals surface area contributed by atoms with Gasteiger partial charge in [-0.25, -0.2) is 0 Å². The molecule has 0 bridgehead atoms. The van der Waals surface area contributed by atoms with Crippen LogP contribution in [0.5, 0.6) is 5.75 Å². The topological polar surface area (TPSA) is 21.3 Å². The smallest absolute Gasteiger partial charge is 0.119 e. The second-order valence-electron chi connectivity index (χ2n) is 4.67. The van der Waals surface area contributed by atoms with E-state index in [4.69, 9.17) is 4.74 Å². The average Bonchev–Trinajstić information content (AvgIpc) is 2.86. The zero-order chi connectivity index (χ0) is 12.1. The molecule has 92 valence electrons. The number of benzene rings is 1. The first-order valence-electron chi connectivity index (χ1n) is 6.31. The van der Waals surface area contributed by atoms with Crippen molar-refractivity contribution in [3.05, 3.63) is 42.0 Å². The molecule has 0 spiro atoms. The highest BCUT2D eigenvalue weighted by molar-refractivity contribution is 5.37. The summed E-state index contributed by atoms with van der Waals surface area (Å²) in [5.41, 5.74) is 1.60. The molecule has 0 aliphatic heterocycles. The van der Waals surface area contributed by atoms with E-state index >= 15 is 0 Å². The van der Waals surface area contributed by atoms with Crippen LogP contribution in [0.2, 0.25) is 0 Å². The Balaban J connectivity index is 2.25. The zero-order valence-corrected chi connectivity index (χ0v) is 10.7. The lowest BCUT2D eigenvalue weighted by Crippen LogP contribution is -2.36. The number of methoxy groups -OCH3 is 1. The maximum atomic E-state index is 5.32. The van der Waals surface area contributed by atoms with E-state index in [1.807, 2.05) is 6.07 Å². The monoisotopic (exact) mass is 231 g/mol. The Morgan fingerprint density at radius 2 is 2.06 bits per heavy atom. The van der Waals surface area contributed by atoms with Gasteiger partial charge in [0.1, 0.15) is 5.75 Å². The Morgan fingerprint density at radius 3 is 2.71 bits per heavy atom. The van der Waals surface area contributed by atoms with Crippen molar-refractivity contribution in [1.82, 2.24) is 5.32 Å². The van der Waals surface area contributed by atoms with Crippen LogP contribution < -0.4 is 10.1 Å². The van der Waals surface area contributed by atoms with Gasteiger partial charge in [0.15, 0.2) is 0 Å². The molecule has 0 fully saturated rings. The van der Waals surface area contributed by atoms with Crippen molar-refractivity contribution in [2.75, 3.05) is 20.2 Å². The lowest BCUT2D eigenvalue weighted by atomic mass is 9.78. The van der Waals surface area contributed by atoms with Gasteiger partial charge in [0, 0.05) is 12.0 Å². The van der Waals surface area contributed by atoms with E-state index in [0.29, 0.717) is 0 Å². The molecule has 2 rings (SSSR count). The number of hydrogen-bond acceptors (Lipinski definition) is 2. The van der Waals surface area contributed by atoms with Gasteiger partial charge in [0.2, 0.25) is 0 Å². The summed E-state index contributed by atoms with van der Waals surface area (Å²) < 4.78 is 5.32. The Kier molecular flexibility index (Phi) is 3.85. The zero-order valence-electron chi connectivity index (χ0n) is 10.7. The van der Waals surface area contributed by atoms with Crippen molar-refractivity contribution in [3.63, 3.8) is 0 Å². The lowest BCUT2D eigenvalue weighted by molar-refractivity contribution is 0.402. The molecule has 2 heteroatoms. The molecule has 0 amide bonds. The third kappa shape index (κ3) is 2.52. The van der Waals surface area contributed by atoms with E-state index in [0.717, 1.165) is 31.7 Å². The van der Waals surface area contributed by atoms with E-state index < -0.39 is 0 Å². The summed E-state index contributed by atoms with van der Waals surface area (Å²) in [7, 11) is 1.73. The standard InChI is InChI=1S/C15H21NO/c1-3-16-12-15(9-4-5-10-15)13-7-6-8-14(11-13)17-2/h4-8,11,16H,3,9-10,12H2,1-2H3. The molecular formula is C15H21NO. The van der Waals surface area contributed by atoms with Gasteiger partial charge in [-0.2, -0.15) is 0 Å². The van der Waals surface area contributed by atoms with Gasteiger partial charge in [-0.15, -0.1) is 0 Å². The molecule has 1 aromatic rings. The minimum atomic E-state index is 0.227. The minimum absolute atomic E-state index is 0.227. The number of likely N-dealkylation sites (N-methyl/N-ethyl adjacent to an activating group) is 1. The molecule has 1 N–H and O–H groups in total. The van der Waals surface area contributed by atoms with Crippen LogP contribution in [-0.4, -0.2) is 20.2 Å². The average molecular weight is 231 g/mol. The van der Waals surface area contributed by atoms with Gasteiger partial charge in [0.05, 0.1) is 7.11 Å². The third-order valence-electron chi connectivity index (χ3n) is 3.58. The fraction of sp³-hybridized carbons (Fsp3) is 0.467. The van der Waals surface area contributed by atoms with Gasteiger partial charge in [-0.3, -0.25) is 0 Å². The molecular weight excluding hydrogens is 210 g/mol. The van der Waals surface area contributed by atoms with Gasteiger partial charge in [-0.1, -0.05) is 31.2 Å². The maximum absolute atomic E-state index is 5.32. The SMILES string of the molecule is CCNCC1(c2cccc(OC)c2)CC=CC1. The second kappa shape index (κ2) is 5.37. The predicted molar refractivity (Wildman–Crippen MR) is 71.6 cm³/mol. The minimum Gasteiger partial charge on any atom is -0.497 e. The Morgan fingerprint density at radius 1 is 1.29 bits per heavy atom. The van der Waals surface area contributed by atoms with Gasteiger partial charge in [-0.05, 0) is 37.1 Å². The molecule has 0 saturated carbocycles. The van der Waals surface area contributed by atoms with E-state index in [-0.39, 0.29) is 5.41 Å². The largest absolute Gasteiger partial charge is 0.497 e. The van der Waals surface area contributed by atoms with Crippen LogP contribution in [0.25, 0.3) is 0 Å². The van der Waals surface area contributed by atoms with E-state index in [2.05, 4.69) is 42.6 Å². The van der Waals surface area contributed by atoms with Crippen molar-refractivity contribution in [2.24, 2.45) is 0 Å². The van der Waals surface area contributed by atoms with Crippen LogP contribution >= 0.6 is 0 Å². The van der Waals surface area contributed by atoms with Crippen molar-refractivity contribution < 1.29 is 4.74 Å².